The summed E-state index contributed by atoms with van der Waals surface area (Å²) < 4.78 is 23.2. The van der Waals surface area contributed by atoms with Gasteiger partial charge in [0.2, 0.25) is 0 Å². The van der Waals surface area contributed by atoms with Gasteiger partial charge in [-0.25, -0.2) is 14.0 Å². The van der Waals surface area contributed by atoms with Crippen molar-refractivity contribution in [1.29, 1.82) is 0 Å². The van der Waals surface area contributed by atoms with Gasteiger partial charge in [0.05, 0.1) is 34.5 Å². The van der Waals surface area contributed by atoms with Crippen LogP contribution < -0.4 is 0 Å². The molecule has 0 aliphatic carbocycles. The van der Waals surface area contributed by atoms with Crippen LogP contribution in [0.25, 0.3) is 16.7 Å². The van der Waals surface area contributed by atoms with Gasteiger partial charge in [-0.15, -0.1) is 0 Å². The Morgan fingerprint density at radius 3 is 2.70 bits per heavy atom. The number of aromatic nitrogens is 3. The molecule has 0 radical (unpaired) electrons. The normalized spacial score (nSPS) is 16.7. The molecule has 4 rings (SSSR count). The van der Waals surface area contributed by atoms with E-state index in [0.29, 0.717) is 23.4 Å². The molecule has 0 spiro atoms. The number of carbonyl (C=O) groups excluding carboxylic acids is 1. The Kier molecular flexibility index (Phi) is 5.96. The number of amides is 1. The van der Waals surface area contributed by atoms with Crippen LogP contribution in [0.2, 0.25) is 0 Å². The quantitative estimate of drug-likeness (QED) is 0.542. The number of rotatable bonds is 3. The predicted molar refractivity (Wildman–Crippen MR) is 123 cm³/mol. The number of pyridine rings is 1. The van der Waals surface area contributed by atoms with Crippen molar-refractivity contribution in [2.75, 3.05) is 13.1 Å². The minimum Gasteiger partial charge on any atom is -0.478 e. The molecule has 0 bridgehead atoms. The van der Waals surface area contributed by atoms with Crippen molar-refractivity contribution in [2.45, 2.75) is 45.3 Å². The molecule has 1 fully saturated rings. The van der Waals surface area contributed by atoms with Crippen molar-refractivity contribution in [3.8, 4) is 5.69 Å². The Morgan fingerprint density at radius 2 is 2.00 bits per heavy atom. The first kappa shape index (κ1) is 22.9. The minimum atomic E-state index is -1.26. The highest BCUT2D eigenvalue weighted by Crippen LogP contribution is 2.31. The van der Waals surface area contributed by atoms with Crippen molar-refractivity contribution in [3.63, 3.8) is 0 Å². The lowest BCUT2D eigenvalue weighted by molar-refractivity contribution is 0.0173. The number of carboxylic acid groups (broad SMARTS) is 1. The van der Waals surface area contributed by atoms with Gasteiger partial charge in [0, 0.05) is 19.3 Å². The molecule has 3 heterocycles. The summed E-state index contributed by atoms with van der Waals surface area (Å²) in [6.45, 7) is 6.46. The first-order chi connectivity index (χ1) is 15.6. The van der Waals surface area contributed by atoms with Gasteiger partial charge in [-0.2, -0.15) is 0 Å². The molecule has 1 amide bonds. The lowest BCUT2D eigenvalue weighted by Gasteiger charge is -2.34. The maximum atomic E-state index is 13.8. The van der Waals surface area contributed by atoms with Crippen LogP contribution in [-0.4, -0.2) is 54.9 Å². The van der Waals surface area contributed by atoms with Gasteiger partial charge in [0.1, 0.15) is 11.4 Å². The fourth-order valence-corrected chi connectivity index (χ4v) is 4.63. The Balaban J connectivity index is 1.82. The van der Waals surface area contributed by atoms with E-state index in [1.807, 2.05) is 25.3 Å². The molecule has 1 N–H and O–H groups in total. The molecule has 1 aliphatic heterocycles. The zero-order valence-corrected chi connectivity index (χ0v) is 19.4. The number of hydrogen-bond acceptors (Lipinski definition) is 5. The number of halogens is 1. The zero-order valence-electron chi connectivity index (χ0n) is 18.6. The molecule has 2 aromatic heterocycles. The smallest absolute Gasteiger partial charge is 0.410 e. The number of carboxylic acids is 1. The maximum absolute atomic E-state index is 13.8. The third-order valence-corrected chi connectivity index (χ3v) is 5.90. The van der Waals surface area contributed by atoms with E-state index >= 15 is 0 Å². The van der Waals surface area contributed by atoms with E-state index in [9.17, 15) is 19.1 Å². The van der Waals surface area contributed by atoms with E-state index in [0.717, 1.165) is 24.4 Å². The zero-order chi connectivity index (χ0) is 23.9. The standard InChI is InChI=1S/C23H25FN4O4S/c1-23(2,3)32-22(31)26-10-4-5-15(13-26)27-18-8-9-25-12-19(18)28(21(27)33)17-7-6-14(24)11-16(17)20(29)30/h6-9,11-12,15H,4-5,10,13H2,1-3H3,(H,29,30). The summed E-state index contributed by atoms with van der Waals surface area (Å²) in [6, 6.07) is 5.24. The summed E-state index contributed by atoms with van der Waals surface area (Å²) in [7, 11) is 0. The molecule has 1 atom stereocenters. The summed E-state index contributed by atoms with van der Waals surface area (Å²) in [5, 5.41) is 9.66. The fraction of sp³-hybridized carbons (Fsp3) is 0.391. The second kappa shape index (κ2) is 8.58. The van der Waals surface area contributed by atoms with Crippen LogP contribution in [0.4, 0.5) is 9.18 Å². The van der Waals surface area contributed by atoms with E-state index in [4.69, 9.17) is 17.0 Å². The minimum absolute atomic E-state index is 0.140. The molecular formula is C23H25FN4O4S. The molecule has 1 aliphatic rings. The summed E-state index contributed by atoms with van der Waals surface area (Å²) in [4.78, 5) is 30.4. The highest BCUT2D eigenvalue weighted by atomic mass is 32.1. The summed E-state index contributed by atoms with van der Waals surface area (Å²) in [5.74, 6) is -1.91. The summed E-state index contributed by atoms with van der Waals surface area (Å²) in [5.41, 5.74) is 0.814. The number of carbonyl (C=O) groups is 2. The van der Waals surface area contributed by atoms with Crippen molar-refractivity contribution < 1.29 is 23.8 Å². The topological polar surface area (TPSA) is 89.6 Å². The van der Waals surface area contributed by atoms with Crippen LogP contribution >= 0.6 is 12.2 Å². The van der Waals surface area contributed by atoms with Gasteiger partial charge >= 0.3 is 12.1 Å². The maximum Gasteiger partial charge on any atom is 0.410 e. The van der Waals surface area contributed by atoms with Crippen LogP contribution in [0.15, 0.2) is 36.7 Å². The highest BCUT2D eigenvalue weighted by Gasteiger charge is 2.30. The van der Waals surface area contributed by atoms with Crippen LogP contribution in [0, 0.1) is 10.6 Å². The van der Waals surface area contributed by atoms with Gasteiger partial charge in [-0.05, 0) is 70.1 Å². The third kappa shape index (κ3) is 4.47. The number of piperidine rings is 1. The first-order valence-corrected chi connectivity index (χ1v) is 11.1. The van der Waals surface area contributed by atoms with Gasteiger partial charge in [0.15, 0.2) is 4.77 Å². The van der Waals surface area contributed by atoms with Gasteiger partial charge < -0.3 is 19.3 Å². The number of nitrogens with zero attached hydrogens (tertiary/aromatic N) is 4. The lowest BCUT2D eigenvalue weighted by atomic mass is 10.1. The Bertz CT molecular complexity index is 1290. The van der Waals surface area contributed by atoms with E-state index < -0.39 is 17.4 Å². The molecule has 10 heteroatoms. The van der Waals surface area contributed by atoms with Gasteiger partial charge in [0.25, 0.3) is 0 Å². The number of hydrogen-bond donors (Lipinski definition) is 1. The monoisotopic (exact) mass is 472 g/mol. The number of likely N-dealkylation sites (tertiary alicyclic amines) is 1. The van der Waals surface area contributed by atoms with Crippen molar-refractivity contribution in [2.24, 2.45) is 0 Å². The molecule has 3 aromatic rings. The van der Waals surface area contributed by atoms with Crippen LogP contribution in [0.3, 0.4) is 0 Å². The number of ether oxygens (including phenoxy) is 1. The Morgan fingerprint density at radius 1 is 1.24 bits per heavy atom. The number of aromatic carboxylic acids is 1. The average molecular weight is 473 g/mol. The second-order valence-electron chi connectivity index (χ2n) is 9.04. The predicted octanol–water partition coefficient (Wildman–Crippen LogP) is 4.97. The largest absolute Gasteiger partial charge is 0.478 e. The Labute approximate surface area is 195 Å². The number of fused-ring (bicyclic) bond motifs is 1. The third-order valence-electron chi connectivity index (χ3n) is 5.52. The summed E-state index contributed by atoms with van der Waals surface area (Å²) in [6.07, 6.45) is 4.40. The van der Waals surface area contributed by atoms with Gasteiger partial charge in [-0.3, -0.25) is 9.55 Å². The van der Waals surface area contributed by atoms with E-state index in [1.54, 1.807) is 27.9 Å². The molecular weight excluding hydrogens is 447 g/mol. The van der Waals surface area contributed by atoms with E-state index in [1.165, 1.54) is 12.1 Å². The molecule has 1 saturated heterocycles. The van der Waals surface area contributed by atoms with Crippen molar-refractivity contribution in [3.05, 3.63) is 52.8 Å². The lowest BCUT2D eigenvalue weighted by Crippen LogP contribution is -2.43. The SMILES string of the molecule is CC(C)(C)OC(=O)N1CCCC(n2c(=S)n(-c3ccc(F)cc3C(=O)O)c3cnccc32)C1. The molecule has 0 saturated carbocycles. The average Bonchev–Trinajstić information content (AvgIpc) is 3.04. The summed E-state index contributed by atoms with van der Waals surface area (Å²) >= 11 is 5.80. The van der Waals surface area contributed by atoms with E-state index in [2.05, 4.69) is 4.98 Å². The van der Waals surface area contributed by atoms with Crippen molar-refractivity contribution in [1.82, 2.24) is 19.0 Å². The highest BCUT2D eigenvalue weighted by molar-refractivity contribution is 7.71. The van der Waals surface area contributed by atoms with Crippen LogP contribution in [0.5, 0.6) is 0 Å². The molecule has 8 nitrogen and oxygen atoms in total. The molecule has 1 unspecified atom stereocenters. The first-order valence-electron chi connectivity index (χ1n) is 10.6. The number of imidazole rings is 1. The van der Waals surface area contributed by atoms with Gasteiger partial charge in [-0.1, -0.05) is 0 Å². The Hall–Kier alpha value is -3.27. The molecule has 33 heavy (non-hydrogen) atoms. The molecule has 1 aromatic carbocycles. The van der Waals surface area contributed by atoms with Crippen molar-refractivity contribution >= 4 is 35.3 Å². The van der Waals surface area contributed by atoms with E-state index in [-0.39, 0.29) is 23.4 Å². The van der Waals surface area contributed by atoms with Crippen LogP contribution in [0.1, 0.15) is 50.0 Å². The second-order valence-corrected chi connectivity index (χ2v) is 9.41. The number of benzene rings is 1. The fourth-order valence-electron chi connectivity index (χ4n) is 4.19. The molecule has 174 valence electrons. The van der Waals surface area contributed by atoms with Crippen LogP contribution in [-0.2, 0) is 4.74 Å².